The molecule has 0 spiro atoms. The van der Waals surface area contributed by atoms with Crippen molar-refractivity contribution in [2.24, 2.45) is 11.3 Å². The molecular weight excluding hydrogens is 136 g/mol. The summed E-state index contributed by atoms with van der Waals surface area (Å²) in [4.78, 5) is 0. The Labute approximate surface area is 69.1 Å². The van der Waals surface area contributed by atoms with Gasteiger partial charge >= 0.3 is 0 Å². The van der Waals surface area contributed by atoms with Gasteiger partial charge in [-0.2, -0.15) is 0 Å². The Morgan fingerprint density at radius 1 is 1.64 bits per heavy atom. The Morgan fingerprint density at radius 3 is 2.64 bits per heavy atom. The average molecular weight is 154 g/mol. The number of rotatable bonds is 2. The number of hydrogen-bond acceptors (Lipinski definition) is 1. The Morgan fingerprint density at radius 2 is 2.27 bits per heavy atom. The van der Waals surface area contributed by atoms with Gasteiger partial charge < -0.3 is 5.11 Å². The zero-order valence-electron chi connectivity index (χ0n) is 7.72. The lowest BCUT2D eigenvalue weighted by atomic mass is 9.76. The smallest absolute Gasteiger partial charge is 0.0434 e. The maximum Gasteiger partial charge on any atom is 0.0434 e. The monoisotopic (exact) mass is 154 g/mol. The molecule has 0 radical (unpaired) electrons. The van der Waals surface area contributed by atoms with Crippen LogP contribution in [0.4, 0.5) is 0 Å². The summed E-state index contributed by atoms with van der Waals surface area (Å²) in [6.07, 6.45) is 4.40. The van der Waals surface area contributed by atoms with E-state index in [2.05, 4.69) is 26.8 Å². The highest BCUT2D eigenvalue weighted by Gasteiger charge is 2.33. The summed E-state index contributed by atoms with van der Waals surface area (Å²) >= 11 is 0. The number of aliphatic hydroxyl groups excluding tert-OH is 1. The third-order valence-corrected chi connectivity index (χ3v) is 3.22. The second-order valence-electron chi connectivity index (χ2n) is 4.05. The summed E-state index contributed by atoms with van der Waals surface area (Å²) in [5.74, 6) is 0.660. The van der Waals surface area contributed by atoms with Crippen molar-refractivity contribution in [3.05, 3.63) is 11.6 Å². The summed E-state index contributed by atoms with van der Waals surface area (Å²) in [5.41, 5.74) is 1.80. The van der Waals surface area contributed by atoms with Gasteiger partial charge in [0.2, 0.25) is 0 Å². The molecule has 0 amide bonds. The fourth-order valence-corrected chi connectivity index (χ4v) is 1.83. The Bertz CT molecular complexity index is 168. The highest BCUT2D eigenvalue weighted by molar-refractivity contribution is 5.17. The van der Waals surface area contributed by atoms with Gasteiger partial charge in [0, 0.05) is 6.61 Å². The molecule has 0 saturated heterocycles. The quantitative estimate of drug-likeness (QED) is 0.605. The van der Waals surface area contributed by atoms with Crippen molar-refractivity contribution >= 4 is 0 Å². The van der Waals surface area contributed by atoms with Crippen molar-refractivity contribution in [3.63, 3.8) is 0 Å². The molecule has 1 nitrogen and oxygen atoms in total. The molecule has 64 valence electrons. The van der Waals surface area contributed by atoms with Gasteiger partial charge in [0.1, 0.15) is 0 Å². The number of hydrogen-bond donors (Lipinski definition) is 1. The van der Waals surface area contributed by atoms with Gasteiger partial charge in [-0.15, -0.1) is 0 Å². The van der Waals surface area contributed by atoms with Gasteiger partial charge in [0.15, 0.2) is 0 Å². The summed E-state index contributed by atoms with van der Waals surface area (Å²) < 4.78 is 0. The first-order valence-electron chi connectivity index (χ1n) is 4.37. The molecule has 0 heterocycles. The van der Waals surface area contributed by atoms with Crippen LogP contribution in [-0.2, 0) is 0 Å². The van der Waals surface area contributed by atoms with Gasteiger partial charge in [-0.1, -0.05) is 25.5 Å². The van der Waals surface area contributed by atoms with E-state index >= 15 is 0 Å². The minimum absolute atomic E-state index is 0.322. The molecule has 1 unspecified atom stereocenters. The fourth-order valence-electron chi connectivity index (χ4n) is 1.83. The van der Waals surface area contributed by atoms with E-state index in [1.54, 1.807) is 0 Å². The highest BCUT2D eigenvalue weighted by atomic mass is 16.3. The first kappa shape index (κ1) is 8.79. The zero-order chi connectivity index (χ0) is 8.48. The molecule has 11 heavy (non-hydrogen) atoms. The van der Waals surface area contributed by atoms with Crippen LogP contribution in [0.15, 0.2) is 11.6 Å². The van der Waals surface area contributed by atoms with Crippen LogP contribution in [0.5, 0.6) is 0 Å². The minimum atomic E-state index is 0.322. The normalized spacial score (nSPS) is 28.7. The standard InChI is InChI=1S/C10H18O/c1-8-4-5-9(6-7-11)10(8,2)3/h4,9,11H,5-7H2,1-3H3. The third-order valence-electron chi connectivity index (χ3n) is 3.22. The molecule has 0 fully saturated rings. The minimum Gasteiger partial charge on any atom is -0.396 e. The predicted molar refractivity (Wildman–Crippen MR) is 47.3 cm³/mol. The zero-order valence-corrected chi connectivity index (χ0v) is 7.72. The van der Waals surface area contributed by atoms with Crippen molar-refractivity contribution in [1.82, 2.24) is 0 Å². The summed E-state index contributed by atoms with van der Waals surface area (Å²) in [5, 5.41) is 8.82. The molecule has 1 aliphatic rings. The molecule has 1 aliphatic carbocycles. The van der Waals surface area contributed by atoms with Crippen LogP contribution in [0.1, 0.15) is 33.6 Å². The summed E-state index contributed by atoms with van der Waals surface area (Å²) in [6.45, 7) is 7.06. The summed E-state index contributed by atoms with van der Waals surface area (Å²) in [7, 11) is 0. The highest BCUT2D eigenvalue weighted by Crippen LogP contribution is 2.44. The molecule has 0 saturated carbocycles. The Balaban J connectivity index is 2.62. The average Bonchev–Trinajstić information content (AvgIpc) is 2.16. The van der Waals surface area contributed by atoms with Crippen molar-refractivity contribution in [1.29, 1.82) is 0 Å². The molecule has 1 atom stereocenters. The van der Waals surface area contributed by atoms with Gasteiger partial charge in [-0.05, 0) is 31.1 Å². The van der Waals surface area contributed by atoms with Gasteiger partial charge in [0.25, 0.3) is 0 Å². The maximum atomic E-state index is 8.82. The van der Waals surface area contributed by atoms with E-state index in [0.717, 1.165) is 12.8 Å². The van der Waals surface area contributed by atoms with E-state index < -0.39 is 0 Å². The van der Waals surface area contributed by atoms with Gasteiger partial charge in [-0.3, -0.25) is 0 Å². The van der Waals surface area contributed by atoms with Crippen molar-refractivity contribution in [3.8, 4) is 0 Å². The molecule has 0 bridgehead atoms. The number of aliphatic hydroxyl groups is 1. The molecular formula is C10H18O. The van der Waals surface area contributed by atoms with Crippen LogP contribution in [0.3, 0.4) is 0 Å². The number of allylic oxidation sites excluding steroid dienone is 2. The second-order valence-corrected chi connectivity index (χ2v) is 4.05. The van der Waals surface area contributed by atoms with E-state index in [1.807, 2.05) is 0 Å². The van der Waals surface area contributed by atoms with Crippen LogP contribution < -0.4 is 0 Å². The van der Waals surface area contributed by atoms with E-state index in [-0.39, 0.29) is 0 Å². The lowest BCUT2D eigenvalue weighted by molar-refractivity contribution is 0.201. The molecule has 1 heteroatoms. The largest absolute Gasteiger partial charge is 0.396 e. The molecule has 0 aromatic heterocycles. The SMILES string of the molecule is CC1=CCC(CCO)C1(C)C. The molecule has 0 aromatic carbocycles. The molecule has 1 rings (SSSR count). The van der Waals surface area contributed by atoms with E-state index in [9.17, 15) is 0 Å². The predicted octanol–water partition coefficient (Wildman–Crippen LogP) is 2.36. The Kier molecular flexibility index (Phi) is 2.38. The van der Waals surface area contributed by atoms with Crippen LogP contribution in [-0.4, -0.2) is 11.7 Å². The third kappa shape index (κ3) is 1.48. The van der Waals surface area contributed by atoms with Crippen molar-refractivity contribution in [2.45, 2.75) is 33.6 Å². The van der Waals surface area contributed by atoms with Crippen LogP contribution in [0.2, 0.25) is 0 Å². The van der Waals surface area contributed by atoms with Crippen LogP contribution >= 0.6 is 0 Å². The maximum absolute atomic E-state index is 8.82. The lowest BCUT2D eigenvalue weighted by Gasteiger charge is -2.29. The first-order chi connectivity index (χ1) is 5.09. The first-order valence-corrected chi connectivity index (χ1v) is 4.37. The Hall–Kier alpha value is -0.300. The van der Waals surface area contributed by atoms with E-state index in [0.29, 0.717) is 17.9 Å². The second kappa shape index (κ2) is 2.98. The fraction of sp³-hybridized carbons (Fsp3) is 0.800. The molecule has 1 N–H and O–H groups in total. The van der Waals surface area contributed by atoms with Gasteiger partial charge in [0.05, 0.1) is 0 Å². The van der Waals surface area contributed by atoms with E-state index in [4.69, 9.17) is 5.11 Å². The molecule has 0 aliphatic heterocycles. The van der Waals surface area contributed by atoms with Gasteiger partial charge in [-0.25, -0.2) is 0 Å². The molecule has 0 aromatic rings. The van der Waals surface area contributed by atoms with Crippen molar-refractivity contribution in [2.75, 3.05) is 6.61 Å². The summed E-state index contributed by atoms with van der Waals surface area (Å²) in [6, 6.07) is 0. The topological polar surface area (TPSA) is 20.2 Å². The van der Waals surface area contributed by atoms with Crippen LogP contribution in [0, 0.1) is 11.3 Å². The van der Waals surface area contributed by atoms with Crippen LogP contribution in [0.25, 0.3) is 0 Å². The lowest BCUT2D eigenvalue weighted by Crippen LogP contribution is -2.21. The van der Waals surface area contributed by atoms with E-state index in [1.165, 1.54) is 5.57 Å². The van der Waals surface area contributed by atoms with Crippen molar-refractivity contribution < 1.29 is 5.11 Å².